The van der Waals surface area contributed by atoms with Crippen molar-refractivity contribution in [3.63, 3.8) is 0 Å². The fourth-order valence-electron chi connectivity index (χ4n) is 1.03. The topological polar surface area (TPSA) is 59.1 Å². The molecular formula is C10H12Cl2N2O. The summed E-state index contributed by atoms with van der Waals surface area (Å²) < 4.78 is 5.40. The molecular weight excluding hydrogens is 235 g/mol. The summed E-state index contributed by atoms with van der Waals surface area (Å²) in [6, 6.07) is 5.05. The summed E-state index contributed by atoms with van der Waals surface area (Å²) in [7, 11) is 0. The Bertz CT molecular complexity index is 355. The van der Waals surface area contributed by atoms with Crippen molar-refractivity contribution in [2.75, 3.05) is 6.61 Å². The fraction of sp³-hybridized carbons (Fsp3) is 0.300. The van der Waals surface area contributed by atoms with E-state index in [-0.39, 0.29) is 5.84 Å². The number of ether oxygens (including phenoxy) is 1. The molecule has 15 heavy (non-hydrogen) atoms. The molecule has 0 heterocycles. The van der Waals surface area contributed by atoms with Gasteiger partial charge in [0.15, 0.2) is 0 Å². The molecule has 0 aliphatic rings. The second-order valence-electron chi connectivity index (χ2n) is 3.05. The maximum Gasteiger partial charge on any atom is 0.139 e. The molecule has 0 saturated carbocycles. The van der Waals surface area contributed by atoms with Crippen LogP contribution in [0.2, 0.25) is 10.0 Å². The van der Waals surface area contributed by atoms with E-state index >= 15 is 0 Å². The lowest BCUT2D eigenvalue weighted by molar-refractivity contribution is 0.313. The Morgan fingerprint density at radius 1 is 1.40 bits per heavy atom. The quantitative estimate of drug-likeness (QED) is 0.477. The highest BCUT2D eigenvalue weighted by Crippen LogP contribution is 2.27. The number of amidine groups is 1. The van der Waals surface area contributed by atoms with E-state index in [0.29, 0.717) is 35.2 Å². The molecule has 0 bridgehead atoms. The van der Waals surface area contributed by atoms with Gasteiger partial charge in [0, 0.05) is 17.5 Å². The molecule has 1 rings (SSSR count). The van der Waals surface area contributed by atoms with Crippen molar-refractivity contribution in [1.29, 1.82) is 5.41 Å². The summed E-state index contributed by atoms with van der Waals surface area (Å²) in [5.74, 6) is 0.725. The SMILES string of the molecule is N=C(N)CCCOc1cc(Cl)ccc1Cl. The number of halogens is 2. The van der Waals surface area contributed by atoms with Gasteiger partial charge in [-0.15, -0.1) is 0 Å². The molecule has 0 fully saturated rings. The van der Waals surface area contributed by atoms with Crippen LogP contribution in [0.3, 0.4) is 0 Å². The summed E-state index contributed by atoms with van der Waals surface area (Å²) in [6.07, 6.45) is 1.22. The smallest absolute Gasteiger partial charge is 0.139 e. The first-order chi connectivity index (χ1) is 7.09. The predicted octanol–water partition coefficient (Wildman–Crippen LogP) is 3.09. The minimum Gasteiger partial charge on any atom is -0.492 e. The molecule has 0 saturated heterocycles. The van der Waals surface area contributed by atoms with Crippen molar-refractivity contribution in [1.82, 2.24) is 0 Å². The van der Waals surface area contributed by atoms with Gasteiger partial charge >= 0.3 is 0 Å². The molecule has 0 aliphatic heterocycles. The second kappa shape index (κ2) is 5.83. The van der Waals surface area contributed by atoms with E-state index in [1.165, 1.54) is 0 Å². The van der Waals surface area contributed by atoms with E-state index in [1.54, 1.807) is 18.2 Å². The molecule has 5 heteroatoms. The standard InChI is InChI=1S/C10H12Cl2N2O/c11-7-3-4-8(12)9(6-7)15-5-1-2-10(13)14/h3-4,6H,1-2,5H2,(H3,13,14). The van der Waals surface area contributed by atoms with Crippen molar-refractivity contribution in [2.24, 2.45) is 5.73 Å². The predicted molar refractivity (Wildman–Crippen MR) is 63.1 cm³/mol. The molecule has 0 radical (unpaired) electrons. The summed E-state index contributed by atoms with van der Waals surface area (Å²) in [5, 5.41) is 8.14. The Labute approximate surface area is 98.6 Å². The number of hydrogen-bond donors (Lipinski definition) is 2. The van der Waals surface area contributed by atoms with Crippen LogP contribution >= 0.6 is 23.2 Å². The zero-order chi connectivity index (χ0) is 11.3. The van der Waals surface area contributed by atoms with Gasteiger partial charge in [-0.05, 0) is 18.6 Å². The van der Waals surface area contributed by atoms with Gasteiger partial charge in [0.2, 0.25) is 0 Å². The molecule has 82 valence electrons. The van der Waals surface area contributed by atoms with Gasteiger partial charge in [0.05, 0.1) is 17.5 Å². The minimum absolute atomic E-state index is 0.163. The summed E-state index contributed by atoms with van der Waals surface area (Å²) in [4.78, 5) is 0. The monoisotopic (exact) mass is 246 g/mol. The molecule has 0 amide bonds. The van der Waals surface area contributed by atoms with Crippen LogP contribution in [0.1, 0.15) is 12.8 Å². The third-order valence-electron chi connectivity index (χ3n) is 1.74. The first-order valence-corrected chi connectivity index (χ1v) is 5.26. The van der Waals surface area contributed by atoms with Crippen LogP contribution in [0.15, 0.2) is 18.2 Å². The number of hydrogen-bond acceptors (Lipinski definition) is 2. The third-order valence-corrected chi connectivity index (χ3v) is 2.29. The van der Waals surface area contributed by atoms with Gasteiger partial charge < -0.3 is 10.5 Å². The maximum absolute atomic E-state index is 7.03. The Morgan fingerprint density at radius 2 is 2.13 bits per heavy atom. The van der Waals surface area contributed by atoms with E-state index < -0.39 is 0 Å². The fourth-order valence-corrected chi connectivity index (χ4v) is 1.37. The molecule has 0 spiro atoms. The Kier molecular flexibility index (Phi) is 4.72. The largest absolute Gasteiger partial charge is 0.492 e. The average molecular weight is 247 g/mol. The van der Waals surface area contributed by atoms with Crippen LogP contribution in [0.5, 0.6) is 5.75 Å². The van der Waals surface area contributed by atoms with Crippen LogP contribution < -0.4 is 10.5 Å². The average Bonchev–Trinajstić information content (AvgIpc) is 2.17. The number of nitrogens with two attached hydrogens (primary N) is 1. The van der Waals surface area contributed by atoms with Gasteiger partial charge in [0.25, 0.3) is 0 Å². The van der Waals surface area contributed by atoms with E-state index in [0.717, 1.165) is 0 Å². The highest BCUT2D eigenvalue weighted by atomic mass is 35.5. The molecule has 3 N–H and O–H groups in total. The second-order valence-corrected chi connectivity index (χ2v) is 3.90. The van der Waals surface area contributed by atoms with Crippen LogP contribution in [-0.2, 0) is 0 Å². The number of benzene rings is 1. The minimum atomic E-state index is 0.163. The number of nitrogens with one attached hydrogen (secondary N) is 1. The molecule has 0 aliphatic carbocycles. The Balaban J connectivity index is 2.43. The maximum atomic E-state index is 7.03. The van der Waals surface area contributed by atoms with E-state index in [2.05, 4.69) is 0 Å². The van der Waals surface area contributed by atoms with E-state index in [1.807, 2.05) is 0 Å². The van der Waals surface area contributed by atoms with Crippen molar-refractivity contribution in [2.45, 2.75) is 12.8 Å². The lowest BCUT2D eigenvalue weighted by Crippen LogP contribution is -2.11. The molecule has 3 nitrogen and oxygen atoms in total. The van der Waals surface area contributed by atoms with Crippen molar-refractivity contribution in [3.8, 4) is 5.75 Å². The lowest BCUT2D eigenvalue weighted by atomic mass is 10.3. The van der Waals surface area contributed by atoms with Crippen molar-refractivity contribution in [3.05, 3.63) is 28.2 Å². The molecule has 0 atom stereocenters. The van der Waals surface area contributed by atoms with Crippen LogP contribution in [0.25, 0.3) is 0 Å². The third kappa shape index (κ3) is 4.40. The van der Waals surface area contributed by atoms with Crippen LogP contribution in [0, 0.1) is 5.41 Å². The molecule has 0 aromatic heterocycles. The summed E-state index contributed by atoms with van der Waals surface area (Å²) in [5.41, 5.74) is 5.21. The normalized spacial score (nSPS) is 10.0. The first-order valence-electron chi connectivity index (χ1n) is 4.50. The summed E-state index contributed by atoms with van der Waals surface area (Å²) in [6.45, 7) is 0.472. The Hall–Kier alpha value is -0.930. The number of rotatable bonds is 5. The van der Waals surface area contributed by atoms with Crippen LogP contribution in [-0.4, -0.2) is 12.4 Å². The van der Waals surface area contributed by atoms with Gasteiger partial charge in [-0.25, -0.2) is 0 Å². The Morgan fingerprint density at radius 3 is 2.80 bits per heavy atom. The first kappa shape index (κ1) is 12.1. The van der Waals surface area contributed by atoms with Crippen molar-refractivity contribution >= 4 is 29.0 Å². The zero-order valence-electron chi connectivity index (χ0n) is 8.09. The van der Waals surface area contributed by atoms with E-state index in [4.69, 9.17) is 39.1 Å². The van der Waals surface area contributed by atoms with Gasteiger partial charge in [-0.2, -0.15) is 0 Å². The highest BCUT2D eigenvalue weighted by molar-refractivity contribution is 6.34. The van der Waals surface area contributed by atoms with Crippen LogP contribution in [0.4, 0.5) is 0 Å². The highest BCUT2D eigenvalue weighted by Gasteiger charge is 2.02. The summed E-state index contributed by atoms with van der Waals surface area (Å²) >= 11 is 11.7. The lowest BCUT2D eigenvalue weighted by Gasteiger charge is -2.07. The molecule has 1 aromatic carbocycles. The van der Waals surface area contributed by atoms with Gasteiger partial charge in [0.1, 0.15) is 5.75 Å². The van der Waals surface area contributed by atoms with Gasteiger partial charge in [-0.1, -0.05) is 23.2 Å². The molecule has 1 aromatic rings. The molecule has 0 unspecified atom stereocenters. The van der Waals surface area contributed by atoms with Gasteiger partial charge in [-0.3, -0.25) is 5.41 Å². The van der Waals surface area contributed by atoms with E-state index in [9.17, 15) is 0 Å². The zero-order valence-corrected chi connectivity index (χ0v) is 9.61. The van der Waals surface area contributed by atoms with Crippen molar-refractivity contribution < 1.29 is 4.74 Å².